The van der Waals surface area contributed by atoms with E-state index in [4.69, 9.17) is 21.1 Å². The molecule has 1 aliphatic rings. The van der Waals surface area contributed by atoms with Gasteiger partial charge < -0.3 is 25.2 Å². The second-order valence-electron chi connectivity index (χ2n) is 10.6. The van der Waals surface area contributed by atoms with Gasteiger partial charge in [-0.15, -0.1) is 34.7 Å². The molecule has 11 nitrogen and oxygen atoms in total. The minimum absolute atomic E-state index is 0.137. The predicted molar refractivity (Wildman–Crippen MR) is 156 cm³/mol. The van der Waals surface area contributed by atoms with Crippen molar-refractivity contribution < 1.29 is 33.8 Å². The zero-order chi connectivity index (χ0) is 30.1. The van der Waals surface area contributed by atoms with Crippen molar-refractivity contribution >= 4 is 63.7 Å². The van der Waals surface area contributed by atoms with Crippen LogP contribution in [0.15, 0.2) is 22.5 Å². The number of aliphatic carboxylic acids is 1. The average molecular weight is 617 g/mol. The molecule has 40 heavy (non-hydrogen) atoms. The number of aromatic nitrogens is 1. The number of carboxylic acids is 1. The Labute approximate surface area is 247 Å². The normalized spacial score (nSPS) is 18.8. The molecule has 0 bridgehead atoms. The smallest absolute Gasteiger partial charge is 0.408 e. The highest BCUT2D eigenvalue weighted by molar-refractivity contribution is 8.14. The van der Waals surface area contributed by atoms with Gasteiger partial charge in [-0.2, -0.15) is 0 Å². The maximum absolute atomic E-state index is 13.0. The number of alkyl halides is 1. The lowest BCUT2D eigenvalue weighted by atomic mass is 10.0. The fourth-order valence-electron chi connectivity index (χ4n) is 3.27. The number of hydrogen-bond donors (Lipinski definition) is 3. The standard InChI is InChI=1S/C26H37ClN4O7S2/c1-15(2)20(30-24(36)38-25(3,4)5)22(33)37-16(9-7-8-10-27)11-18(32)28-12-19-29-17(13-39-19)21-31-26(6,14-40-21)23(34)35/h7,9,13,15-16,20H,8,10-12,14H2,1-6H3,(H,28,32)(H,30,36)(H,34,35)/b9-7+/t16-,20?,26?/m1/s1. The third-order valence-corrected chi connectivity index (χ3v) is 7.73. The largest absolute Gasteiger partial charge is 0.479 e. The van der Waals surface area contributed by atoms with Crippen molar-refractivity contribution in [1.82, 2.24) is 15.6 Å². The van der Waals surface area contributed by atoms with E-state index < -0.39 is 41.3 Å². The lowest BCUT2D eigenvalue weighted by Gasteiger charge is -2.26. The molecule has 0 saturated carbocycles. The SMILES string of the molecule is CC(C)C(NC(=O)OC(C)(C)C)C(=O)O[C@H](/C=C/CCCl)CC(=O)NCc1nc(C2=NC(C)(C(=O)O)CS2)cs1. The number of hydrogen-bond acceptors (Lipinski definition) is 10. The summed E-state index contributed by atoms with van der Waals surface area (Å²) in [5.74, 6) is -1.67. The summed E-state index contributed by atoms with van der Waals surface area (Å²) in [6.07, 6.45) is 2.06. The number of nitrogens with zero attached hydrogens (tertiary/aromatic N) is 2. The molecule has 2 heterocycles. The van der Waals surface area contributed by atoms with Gasteiger partial charge in [0.05, 0.1) is 13.0 Å². The third kappa shape index (κ3) is 10.7. The summed E-state index contributed by atoms with van der Waals surface area (Å²) >= 11 is 8.40. The van der Waals surface area contributed by atoms with E-state index in [-0.39, 0.29) is 24.8 Å². The molecule has 1 aliphatic heterocycles. The first-order valence-corrected chi connectivity index (χ1v) is 15.1. The van der Waals surface area contributed by atoms with E-state index in [1.807, 2.05) is 0 Å². The van der Waals surface area contributed by atoms with Crippen LogP contribution in [0.3, 0.4) is 0 Å². The first kappa shape index (κ1) is 33.6. The Kier molecular flexibility index (Phi) is 12.4. The van der Waals surface area contributed by atoms with Crippen molar-refractivity contribution in [2.75, 3.05) is 11.6 Å². The number of rotatable bonds is 13. The average Bonchev–Trinajstić information content (AvgIpc) is 3.47. The summed E-state index contributed by atoms with van der Waals surface area (Å²) in [4.78, 5) is 58.1. The first-order chi connectivity index (χ1) is 18.6. The summed E-state index contributed by atoms with van der Waals surface area (Å²) in [6, 6.07) is -0.977. The lowest BCUT2D eigenvalue weighted by Crippen LogP contribution is -2.48. The molecule has 0 radical (unpaired) electrons. The summed E-state index contributed by atoms with van der Waals surface area (Å²) < 4.78 is 10.9. The Bertz CT molecular complexity index is 1130. The van der Waals surface area contributed by atoms with Gasteiger partial charge >= 0.3 is 18.0 Å². The van der Waals surface area contributed by atoms with E-state index in [9.17, 15) is 24.3 Å². The van der Waals surface area contributed by atoms with Gasteiger partial charge in [0, 0.05) is 17.0 Å². The number of thioether (sulfide) groups is 1. The van der Waals surface area contributed by atoms with Crippen LogP contribution < -0.4 is 10.6 Å². The molecule has 2 amide bonds. The first-order valence-electron chi connectivity index (χ1n) is 12.7. The Morgan fingerprint density at radius 1 is 1.27 bits per heavy atom. The second kappa shape index (κ2) is 14.8. The predicted octanol–water partition coefficient (Wildman–Crippen LogP) is 4.13. The molecule has 0 fully saturated rings. The molecule has 14 heteroatoms. The summed E-state index contributed by atoms with van der Waals surface area (Å²) in [5.41, 5.74) is -1.35. The van der Waals surface area contributed by atoms with Crippen LogP contribution in [0, 0.1) is 5.92 Å². The molecule has 1 aromatic rings. The van der Waals surface area contributed by atoms with Gasteiger partial charge in [0.1, 0.15) is 33.5 Å². The minimum atomic E-state index is -1.18. The number of halogens is 1. The van der Waals surface area contributed by atoms with Gasteiger partial charge in [0.25, 0.3) is 0 Å². The lowest BCUT2D eigenvalue weighted by molar-refractivity contribution is -0.151. The van der Waals surface area contributed by atoms with Crippen molar-refractivity contribution in [2.24, 2.45) is 10.9 Å². The molecular weight excluding hydrogens is 580 g/mol. The molecule has 222 valence electrons. The molecule has 2 unspecified atom stereocenters. The number of amides is 2. The Morgan fingerprint density at radius 3 is 2.55 bits per heavy atom. The molecule has 0 aromatic carbocycles. The highest BCUT2D eigenvalue weighted by Crippen LogP contribution is 2.31. The quantitative estimate of drug-likeness (QED) is 0.168. The maximum atomic E-state index is 13.0. The number of alkyl carbamates (subject to hydrolysis) is 1. The van der Waals surface area contributed by atoms with Crippen LogP contribution in [0.1, 0.15) is 65.1 Å². The number of thiazole rings is 1. The number of aliphatic imine (C=N–C) groups is 1. The minimum Gasteiger partial charge on any atom is -0.479 e. The number of carboxylic acid groups (broad SMARTS) is 1. The van der Waals surface area contributed by atoms with Crippen LogP contribution in [0.25, 0.3) is 0 Å². The molecule has 0 saturated heterocycles. The zero-order valence-corrected chi connectivity index (χ0v) is 25.9. The van der Waals surface area contributed by atoms with E-state index in [1.165, 1.54) is 23.1 Å². The molecule has 0 spiro atoms. The van der Waals surface area contributed by atoms with Crippen molar-refractivity contribution in [3.63, 3.8) is 0 Å². The number of esters is 1. The molecular formula is C26H37ClN4O7S2. The van der Waals surface area contributed by atoms with E-state index in [0.717, 1.165) is 0 Å². The van der Waals surface area contributed by atoms with Gasteiger partial charge in [-0.25, -0.2) is 19.4 Å². The summed E-state index contributed by atoms with van der Waals surface area (Å²) in [5, 5.41) is 17.6. The van der Waals surface area contributed by atoms with Gasteiger partial charge in [0.15, 0.2) is 5.54 Å². The van der Waals surface area contributed by atoms with Crippen LogP contribution in [0.2, 0.25) is 0 Å². The number of nitrogens with one attached hydrogen (secondary N) is 2. The maximum Gasteiger partial charge on any atom is 0.408 e. The van der Waals surface area contributed by atoms with Crippen LogP contribution in [-0.4, -0.2) is 74.0 Å². The van der Waals surface area contributed by atoms with Gasteiger partial charge in [-0.3, -0.25) is 9.79 Å². The Morgan fingerprint density at radius 2 is 1.98 bits per heavy atom. The Balaban J connectivity index is 2.00. The van der Waals surface area contributed by atoms with E-state index in [0.29, 0.717) is 33.8 Å². The number of ether oxygens (including phenoxy) is 2. The van der Waals surface area contributed by atoms with Crippen molar-refractivity contribution in [2.45, 2.75) is 84.2 Å². The second-order valence-corrected chi connectivity index (χ2v) is 12.9. The van der Waals surface area contributed by atoms with Crippen molar-refractivity contribution in [1.29, 1.82) is 0 Å². The monoisotopic (exact) mass is 616 g/mol. The summed E-state index contributed by atoms with van der Waals surface area (Å²) in [6.45, 7) is 10.4. The fourth-order valence-corrected chi connectivity index (χ4v) is 5.32. The van der Waals surface area contributed by atoms with E-state index in [1.54, 1.807) is 59.1 Å². The van der Waals surface area contributed by atoms with E-state index >= 15 is 0 Å². The van der Waals surface area contributed by atoms with Crippen LogP contribution in [-0.2, 0) is 30.4 Å². The van der Waals surface area contributed by atoms with Crippen LogP contribution >= 0.6 is 34.7 Å². The molecule has 2 rings (SSSR count). The summed E-state index contributed by atoms with van der Waals surface area (Å²) in [7, 11) is 0. The molecule has 1 aromatic heterocycles. The topological polar surface area (TPSA) is 156 Å². The van der Waals surface area contributed by atoms with Gasteiger partial charge in [0.2, 0.25) is 5.91 Å². The highest BCUT2D eigenvalue weighted by Gasteiger charge is 2.39. The van der Waals surface area contributed by atoms with Crippen LogP contribution in [0.4, 0.5) is 4.79 Å². The van der Waals surface area contributed by atoms with Gasteiger partial charge in [-0.05, 0) is 46.1 Å². The Hall–Kier alpha value is -2.64. The van der Waals surface area contributed by atoms with Crippen LogP contribution in [0.5, 0.6) is 0 Å². The number of carbonyl (C=O) groups is 4. The van der Waals surface area contributed by atoms with Crippen molar-refractivity contribution in [3.05, 3.63) is 28.2 Å². The fraction of sp³-hybridized carbons (Fsp3) is 0.615. The van der Waals surface area contributed by atoms with Crippen molar-refractivity contribution in [3.8, 4) is 0 Å². The third-order valence-electron chi connectivity index (χ3n) is 5.38. The zero-order valence-electron chi connectivity index (χ0n) is 23.5. The number of allylic oxidation sites excluding steroid dienone is 1. The van der Waals surface area contributed by atoms with Gasteiger partial charge in [-0.1, -0.05) is 19.9 Å². The highest BCUT2D eigenvalue weighted by atomic mass is 35.5. The molecule has 3 atom stereocenters. The number of carbonyl (C=O) groups excluding carboxylic acids is 3. The van der Waals surface area contributed by atoms with E-state index in [2.05, 4.69) is 20.6 Å². The molecule has 0 aliphatic carbocycles. The molecule has 3 N–H and O–H groups in total.